The van der Waals surface area contributed by atoms with Gasteiger partial charge in [0.1, 0.15) is 5.82 Å². The maximum atomic E-state index is 10.8. The quantitative estimate of drug-likeness (QED) is 0.641. The molecule has 2 N–H and O–H groups in total. The van der Waals surface area contributed by atoms with Crippen LogP contribution in [0.15, 0.2) is 24.5 Å². The molecule has 18 heavy (non-hydrogen) atoms. The van der Waals surface area contributed by atoms with E-state index in [2.05, 4.69) is 15.3 Å². The van der Waals surface area contributed by atoms with E-state index in [1.165, 1.54) is 0 Å². The lowest BCUT2D eigenvalue weighted by atomic mass is 10.1. The number of nitrogens with zero attached hydrogens (tertiary/aromatic N) is 2. The first-order valence-electron chi connectivity index (χ1n) is 5.55. The maximum Gasteiger partial charge on any atom is 0.272 e. The zero-order valence-corrected chi connectivity index (χ0v) is 10.2. The highest BCUT2D eigenvalue weighted by molar-refractivity contribution is 5.59. The van der Waals surface area contributed by atoms with Crippen LogP contribution in [-0.4, -0.2) is 14.9 Å². The summed E-state index contributed by atoms with van der Waals surface area (Å²) in [5.41, 5.74) is 2.52. The molecule has 0 bridgehead atoms. The van der Waals surface area contributed by atoms with Gasteiger partial charge in [0.15, 0.2) is 0 Å². The van der Waals surface area contributed by atoms with Gasteiger partial charge in [-0.15, -0.1) is 0 Å². The molecule has 6 nitrogen and oxygen atoms in total. The number of aromatic amines is 1. The number of nitrogens with one attached hydrogen (secondary N) is 2. The summed E-state index contributed by atoms with van der Waals surface area (Å²) < 4.78 is 0. The summed E-state index contributed by atoms with van der Waals surface area (Å²) in [6.07, 6.45) is 3.44. The van der Waals surface area contributed by atoms with Crippen LogP contribution in [-0.2, 0) is 6.54 Å². The fourth-order valence-corrected chi connectivity index (χ4v) is 1.76. The summed E-state index contributed by atoms with van der Waals surface area (Å²) in [4.78, 5) is 17.5. The van der Waals surface area contributed by atoms with Gasteiger partial charge in [-0.25, -0.2) is 4.98 Å². The van der Waals surface area contributed by atoms with Crippen LogP contribution in [0.3, 0.4) is 0 Å². The van der Waals surface area contributed by atoms with Crippen molar-refractivity contribution in [3.8, 4) is 0 Å². The van der Waals surface area contributed by atoms with Crippen molar-refractivity contribution in [2.24, 2.45) is 0 Å². The van der Waals surface area contributed by atoms with Gasteiger partial charge in [-0.3, -0.25) is 10.1 Å². The monoisotopic (exact) mass is 246 g/mol. The molecule has 1 aromatic heterocycles. The minimum Gasteiger partial charge on any atom is -0.378 e. The van der Waals surface area contributed by atoms with Gasteiger partial charge < -0.3 is 10.3 Å². The first kappa shape index (κ1) is 12.1. The molecular weight excluding hydrogens is 232 g/mol. The molecule has 0 radical (unpaired) electrons. The van der Waals surface area contributed by atoms with E-state index in [9.17, 15) is 10.1 Å². The smallest absolute Gasteiger partial charge is 0.272 e. The number of aromatic nitrogens is 2. The van der Waals surface area contributed by atoms with Crippen molar-refractivity contribution in [1.82, 2.24) is 9.97 Å². The summed E-state index contributed by atoms with van der Waals surface area (Å²) in [6.45, 7) is 4.14. The average molecular weight is 246 g/mol. The number of hydrogen-bond donors (Lipinski definition) is 2. The van der Waals surface area contributed by atoms with Gasteiger partial charge in [0.05, 0.1) is 11.5 Å². The number of nitro groups is 1. The van der Waals surface area contributed by atoms with E-state index in [0.717, 1.165) is 17.1 Å². The summed E-state index contributed by atoms with van der Waals surface area (Å²) in [6, 6.07) is 3.37. The lowest BCUT2D eigenvalue weighted by Crippen LogP contribution is -2.04. The second kappa shape index (κ2) is 4.87. The Balaban J connectivity index is 2.19. The Morgan fingerprint density at radius 2 is 2.17 bits per heavy atom. The lowest BCUT2D eigenvalue weighted by Gasteiger charge is -2.09. The number of H-pyrrole nitrogens is 1. The molecule has 2 aromatic rings. The maximum absolute atomic E-state index is 10.8. The van der Waals surface area contributed by atoms with Crippen LogP contribution in [0.25, 0.3) is 0 Å². The van der Waals surface area contributed by atoms with E-state index < -0.39 is 0 Å². The number of imidazole rings is 1. The van der Waals surface area contributed by atoms with Crippen LogP contribution in [0.1, 0.15) is 17.0 Å². The molecule has 2 rings (SSSR count). The zero-order valence-electron chi connectivity index (χ0n) is 10.2. The fraction of sp³-hybridized carbons (Fsp3) is 0.250. The summed E-state index contributed by atoms with van der Waals surface area (Å²) >= 11 is 0. The second-order valence-electron chi connectivity index (χ2n) is 4.10. The lowest BCUT2D eigenvalue weighted by molar-refractivity contribution is -0.385. The Bertz CT molecular complexity index is 564. The van der Waals surface area contributed by atoms with Crippen molar-refractivity contribution in [1.29, 1.82) is 0 Å². The largest absolute Gasteiger partial charge is 0.378 e. The number of nitro benzene ring substituents is 1. The standard InChI is InChI=1S/C12H14N4O2/c1-8-6-11(16(17)18)9(2)5-10(8)15-7-12-13-3-4-14-12/h3-6,15H,7H2,1-2H3,(H,13,14). The SMILES string of the molecule is Cc1cc([N+](=O)[O-])c(C)cc1NCc1ncc[nH]1. The minimum atomic E-state index is -0.362. The van der Waals surface area contributed by atoms with Crippen molar-refractivity contribution in [3.05, 3.63) is 51.6 Å². The molecule has 0 atom stereocenters. The Hall–Kier alpha value is -2.37. The van der Waals surface area contributed by atoms with Crippen LogP contribution in [0.2, 0.25) is 0 Å². The average Bonchev–Trinajstić information content (AvgIpc) is 2.82. The topological polar surface area (TPSA) is 83.8 Å². The van der Waals surface area contributed by atoms with Crippen molar-refractivity contribution in [2.45, 2.75) is 20.4 Å². The van der Waals surface area contributed by atoms with Gasteiger partial charge >= 0.3 is 0 Å². The molecule has 0 aliphatic carbocycles. The van der Waals surface area contributed by atoms with E-state index in [4.69, 9.17) is 0 Å². The Kier molecular flexibility index (Phi) is 3.27. The van der Waals surface area contributed by atoms with E-state index in [1.54, 1.807) is 31.5 Å². The highest BCUT2D eigenvalue weighted by Gasteiger charge is 2.13. The first-order chi connectivity index (χ1) is 8.58. The molecule has 1 aromatic carbocycles. The molecule has 0 saturated heterocycles. The van der Waals surface area contributed by atoms with Crippen molar-refractivity contribution < 1.29 is 4.92 Å². The predicted octanol–water partition coefficient (Wildman–Crippen LogP) is 2.55. The van der Waals surface area contributed by atoms with Crippen LogP contribution in [0, 0.1) is 24.0 Å². The molecule has 94 valence electrons. The molecule has 1 heterocycles. The van der Waals surface area contributed by atoms with Gasteiger partial charge in [-0.1, -0.05) is 0 Å². The van der Waals surface area contributed by atoms with Crippen LogP contribution in [0.4, 0.5) is 11.4 Å². The summed E-state index contributed by atoms with van der Waals surface area (Å²) in [5.74, 6) is 0.824. The third kappa shape index (κ3) is 2.48. The molecular formula is C12H14N4O2. The van der Waals surface area contributed by atoms with Gasteiger partial charge in [-0.2, -0.15) is 0 Å². The normalized spacial score (nSPS) is 10.3. The zero-order chi connectivity index (χ0) is 13.1. The molecule has 0 unspecified atom stereocenters. The van der Waals surface area contributed by atoms with Crippen LogP contribution < -0.4 is 5.32 Å². The third-order valence-corrected chi connectivity index (χ3v) is 2.74. The number of anilines is 1. The van der Waals surface area contributed by atoms with Crippen molar-refractivity contribution in [2.75, 3.05) is 5.32 Å². The van der Waals surface area contributed by atoms with E-state index in [1.807, 2.05) is 6.92 Å². The molecule has 6 heteroatoms. The molecule has 0 aliphatic heterocycles. The van der Waals surface area contributed by atoms with Crippen molar-refractivity contribution in [3.63, 3.8) is 0 Å². The number of aryl methyl sites for hydroxylation is 2. The van der Waals surface area contributed by atoms with Crippen molar-refractivity contribution >= 4 is 11.4 Å². The van der Waals surface area contributed by atoms with Crippen LogP contribution >= 0.6 is 0 Å². The van der Waals surface area contributed by atoms with E-state index >= 15 is 0 Å². The fourth-order valence-electron chi connectivity index (χ4n) is 1.76. The number of benzene rings is 1. The Labute approximate surface area is 104 Å². The summed E-state index contributed by atoms with van der Waals surface area (Å²) in [5, 5.41) is 14.0. The van der Waals surface area contributed by atoms with Gasteiger partial charge in [-0.05, 0) is 25.5 Å². The van der Waals surface area contributed by atoms with Gasteiger partial charge in [0.25, 0.3) is 5.69 Å². The minimum absolute atomic E-state index is 0.149. The Morgan fingerprint density at radius 3 is 2.78 bits per heavy atom. The second-order valence-corrected chi connectivity index (χ2v) is 4.10. The summed E-state index contributed by atoms with van der Waals surface area (Å²) in [7, 11) is 0. The van der Waals surface area contributed by atoms with Gasteiger partial charge in [0.2, 0.25) is 0 Å². The number of hydrogen-bond acceptors (Lipinski definition) is 4. The molecule has 0 amide bonds. The van der Waals surface area contributed by atoms with E-state index in [-0.39, 0.29) is 10.6 Å². The van der Waals surface area contributed by atoms with Gasteiger partial charge in [0, 0.05) is 29.7 Å². The Morgan fingerprint density at radius 1 is 1.39 bits per heavy atom. The number of rotatable bonds is 4. The molecule has 0 spiro atoms. The van der Waals surface area contributed by atoms with Crippen LogP contribution in [0.5, 0.6) is 0 Å². The van der Waals surface area contributed by atoms with E-state index in [0.29, 0.717) is 12.1 Å². The molecule has 0 fully saturated rings. The molecule has 0 aliphatic rings. The molecule has 0 saturated carbocycles. The highest BCUT2D eigenvalue weighted by Crippen LogP contribution is 2.26. The first-order valence-corrected chi connectivity index (χ1v) is 5.55. The third-order valence-electron chi connectivity index (χ3n) is 2.74. The predicted molar refractivity (Wildman–Crippen MR) is 68.5 cm³/mol. The highest BCUT2D eigenvalue weighted by atomic mass is 16.6.